The third-order valence-corrected chi connectivity index (χ3v) is 6.29. The van der Waals surface area contributed by atoms with Crippen LogP contribution < -0.4 is 5.32 Å². The standard InChI is InChI=1S/C21H20Cl2N2O4S/c1-29-21(28)16-11-25(8-9-26)20(27)19(16)24-14-3-5-15(6-4-14)30-12-13-2-7-17(22)18(23)10-13/h2-7,10,24,26H,8-9,11-12H2,1H3. The molecule has 9 heteroatoms. The second kappa shape index (κ2) is 10.2. The fraction of sp³-hybridized carbons (Fsp3) is 0.238. The van der Waals surface area contributed by atoms with Crippen molar-refractivity contribution in [3.63, 3.8) is 0 Å². The van der Waals surface area contributed by atoms with Gasteiger partial charge in [0, 0.05) is 22.9 Å². The lowest BCUT2D eigenvalue weighted by Gasteiger charge is -2.15. The van der Waals surface area contributed by atoms with Crippen molar-refractivity contribution in [3.8, 4) is 0 Å². The van der Waals surface area contributed by atoms with E-state index in [4.69, 9.17) is 33.0 Å². The number of nitrogens with zero attached hydrogens (tertiary/aromatic N) is 1. The van der Waals surface area contributed by atoms with Crippen LogP contribution in [-0.4, -0.2) is 48.7 Å². The van der Waals surface area contributed by atoms with Crippen molar-refractivity contribution in [3.05, 3.63) is 69.3 Å². The summed E-state index contributed by atoms with van der Waals surface area (Å²) >= 11 is 13.6. The summed E-state index contributed by atoms with van der Waals surface area (Å²) < 4.78 is 4.79. The molecular weight excluding hydrogens is 447 g/mol. The van der Waals surface area contributed by atoms with E-state index in [9.17, 15) is 9.59 Å². The monoisotopic (exact) mass is 466 g/mol. The van der Waals surface area contributed by atoms with Gasteiger partial charge in [0.15, 0.2) is 0 Å². The number of benzene rings is 2. The van der Waals surface area contributed by atoms with Gasteiger partial charge in [0.05, 0.1) is 35.9 Å². The predicted octanol–water partition coefficient (Wildman–Crippen LogP) is 3.96. The quantitative estimate of drug-likeness (QED) is 0.452. The lowest BCUT2D eigenvalue weighted by molar-refractivity contribution is -0.136. The smallest absolute Gasteiger partial charge is 0.337 e. The Morgan fingerprint density at radius 1 is 1.20 bits per heavy atom. The molecule has 1 aliphatic rings. The Morgan fingerprint density at radius 3 is 2.57 bits per heavy atom. The summed E-state index contributed by atoms with van der Waals surface area (Å²) in [7, 11) is 1.27. The van der Waals surface area contributed by atoms with Gasteiger partial charge < -0.3 is 20.1 Å². The number of hydrogen-bond donors (Lipinski definition) is 2. The Balaban J connectivity index is 1.68. The molecule has 1 amide bonds. The average molecular weight is 467 g/mol. The van der Waals surface area contributed by atoms with Gasteiger partial charge in [-0.3, -0.25) is 4.79 Å². The second-order valence-corrected chi connectivity index (χ2v) is 8.35. The van der Waals surface area contributed by atoms with Crippen molar-refractivity contribution in [2.75, 3.05) is 32.1 Å². The van der Waals surface area contributed by atoms with Crippen LogP contribution in [-0.2, 0) is 20.1 Å². The highest BCUT2D eigenvalue weighted by Gasteiger charge is 2.34. The van der Waals surface area contributed by atoms with E-state index in [0.29, 0.717) is 15.7 Å². The summed E-state index contributed by atoms with van der Waals surface area (Å²) in [4.78, 5) is 27.1. The average Bonchev–Trinajstić information content (AvgIpc) is 3.05. The molecule has 3 rings (SSSR count). The second-order valence-electron chi connectivity index (χ2n) is 6.48. The summed E-state index contributed by atoms with van der Waals surface area (Å²) in [5.41, 5.74) is 2.15. The molecule has 1 heterocycles. The van der Waals surface area contributed by atoms with Crippen molar-refractivity contribution in [2.45, 2.75) is 10.6 Å². The van der Waals surface area contributed by atoms with Gasteiger partial charge in [-0.05, 0) is 42.0 Å². The molecule has 30 heavy (non-hydrogen) atoms. The van der Waals surface area contributed by atoms with Crippen molar-refractivity contribution in [2.24, 2.45) is 0 Å². The molecule has 0 unspecified atom stereocenters. The number of aliphatic hydroxyl groups excluding tert-OH is 1. The van der Waals surface area contributed by atoms with E-state index in [0.717, 1.165) is 16.2 Å². The Morgan fingerprint density at radius 2 is 1.93 bits per heavy atom. The highest BCUT2D eigenvalue weighted by molar-refractivity contribution is 7.98. The van der Waals surface area contributed by atoms with Gasteiger partial charge in [-0.2, -0.15) is 0 Å². The summed E-state index contributed by atoms with van der Waals surface area (Å²) in [6.45, 7) is 0.0685. The van der Waals surface area contributed by atoms with Crippen LogP contribution in [0.15, 0.2) is 58.6 Å². The number of nitrogens with one attached hydrogen (secondary N) is 1. The van der Waals surface area contributed by atoms with Gasteiger partial charge in [0.1, 0.15) is 5.70 Å². The number of halogens is 2. The number of methoxy groups -OCH3 is 1. The molecule has 0 radical (unpaired) electrons. The number of thioether (sulfide) groups is 1. The summed E-state index contributed by atoms with van der Waals surface area (Å²) in [6.07, 6.45) is 0. The Bertz CT molecular complexity index is 979. The lowest BCUT2D eigenvalue weighted by Crippen LogP contribution is -2.31. The highest BCUT2D eigenvalue weighted by Crippen LogP contribution is 2.29. The number of rotatable bonds is 8. The molecule has 0 aliphatic carbocycles. The number of amides is 1. The number of carbonyl (C=O) groups excluding carboxylic acids is 2. The first-order valence-electron chi connectivity index (χ1n) is 9.08. The van der Waals surface area contributed by atoms with E-state index in [1.165, 1.54) is 12.0 Å². The SMILES string of the molecule is COC(=O)C1=C(Nc2ccc(SCc3ccc(Cl)c(Cl)c3)cc2)C(=O)N(CCO)C1. The third-order valence-electron chi connectivity index (χ3n) is 4.47. The zero-order valence-corrected chi connectivity index (χ0v) is 18.5. The zero-order valence-electron chi connectivity index (χ0n) is 16.2. The van der Waals surface area contributed by atoms with Crippen molar-refractivity contribution < 1.29 is 19.4 Å². The summed E-state index contributed by atoms with van der Waals surface area (Å²) in [5.74, 6) is -0.182. The number of aliphatic hydroxyl groups is 1. The van der Waals surface area contributed by atoms with E-state index in [-0.39, 0.29) is 36.9 Å². The number of ether oxygens (including phenoxy) is 1. The Hall–Kier alpha value is -2.19. The van der Waals surface area contributed by atoms with E-state index in [1.54, 1.807) is 17.8 Å². The van der Waals surface area contributed by atoms with Crippen LogP contribution in [0.1, 0.15) is 5.56 Å². The van der Waals surface area contributed by atoms with Crippen molar-refractivity contribution in [1.82, 2.24) is 4.90 Å². The molecule has 2 aromatic carbocycles. The number of carbonyl (C=O) groups is 2. The molecule has 158 valence electrons. The van der Waals surface area contributed by atoms with Crippen LogP contribution in [0.4, 0.5) is 5.69 Å². The fourth-order valence-corrected chi connectivity index (χ4v) is 4.09. The maximum atomic E-state index is 12.6. The molecule has 6 nitrogen and oxygen atoms in total. The maximum absolute atomic E-state index is 12.6. The van der Waals surface area contributed by atoms with Crippen LogP contribution in [0.25, 0.3) is 0 Å². The topological polar surface area (TPSA) is 78.9 Å². The van der Waals surface area contributed by atoms with Crippen LogP contribution in [0.5, 0.6) is 0 Å². The van der Waals surface area contributed by atoms with E-state index >= 15 is 0 Å². The minimum absolute atomic E-state index is 0.103. The Kier molecular flexibility index (Phi) is 7.66. The van der Waals surface area contributed by atoms with Crippen LogP contribution in [0, 0.1) is 0 Å². The van der Waals surface area contributed by atoms with Crippen molar-refractivity contribution in [1.29, 1.82) is 0 Å². The minimum atomic E-state index is -0.569. The first-order valence-corrected chi connectivity index (χ1v) is 10.8. The molecule has 0 saturated heterocycles. The molecule has 0 spiro atoms. The number of hydrogen-bond acceptors (Lipinski definition) is 6. The lowest BCUT2D eigenvalue weighted by atomic mass is 10.2. The molecule has 0 aromatic heterocycles. The van der Waals surface area contributed by atoms with E-state index in [2.05, 4.69) is 5.32 Å². The molecule has 0 bridgehead atoms. The van der Waals surface area contributed by atoms with Crippen LogP contribution in [0.2, 0.25) is 10.0 Å². The van der Waals surface area contributed by atoms with Crippen LogP contribution in [0.3, 0.4) is 0 Å². The molecule has 0 atom stereocenters. The summed E-state index contributed by atoms with van der Waals surface area (Å²) in [5, 5.41) is 13.2. The molecular formula is C21H20Cl2N2O4S. The van der Waals surface area contributed by atoms with Crippen molar-refractivity contribution >= 4 is 52.5 Å². The molecule has 0 fully saturated rings. The van der Waals surface area contributed by atoms with Gasteiger partial charge >= 0.3 is 5.97 Å². The van der Waals surface area contributed by atoms with Crippen LogP contribution >= 0.6 is 35.0 Å². The highest BCUT2D eigenvalue weighted by atomic mass is 35.5. The number of esters is 1. The van der Waals surface area contributed by atoms with Gasteiger partial charge in [-0.15, -0.1) is 11.8 Å². The van der Waals surface area contributed by atoms with Gasteiger partial charge in [0.2, 0.25) is 0 Å². The van der Waals surface area contributed by atoms with E-state index < -0.39 is 5.97 Å². The first kappa shape index (κ1) is 22.5. The third kappa shape index (κ3) is 5.29. The van der Waals surface area contributed by atoms with Gasteiger partial charge in [-0.1, -0.05) is 29.3 Å². The summed E-state index contributed by atoms with van der Waals surface area (Å²) in [6, 6.07) is 13.1. The molecule has 2 N–H and O–H groups in total. The minimum Gasteiger partial charge on any atom is -0.466 e. The molecule has 1 aliphatic heterocycles. The molecule has 2 aromatic rings. The molecule has 0 saturated carbocycles. The largest absolute Gasteiger partial charge is 0.466 e. The normalized spacial score (nSPS) is 13.7. The number of anilines is 1. The zero-order chi connectivity index (χ0) is 21.7. The first-order chi connectivity index (χ1) is 14.4. The van der Waals surface area contributed by atoms with Gasteiger partial charge in [0.25, 0.3) is 5.91 Å². The maximum Gasteiger partial charge on any atom is 0.337 e. The predicted molar refractivity (Wildman–Crippen MR) is 119 cm³/mol. The Labute approximate surface area is 188 Å². The fourth-order valence-electron chi connectivity index (χ4n) is 2.92. The number of β-amino-alcohol motifs (C(OH)–C–C–N with tert-alkyl or cyclic N) is 1. The van der Waals surface area contributed by atoms with E-state index in [1.807, 2.05) is 36.4 Å². The van der Waals surface area contributed by atoms with Gasteiger partial charge in [-0.25, -0.2) is 4.79 Å².